The van der Waals surface area contributed by atoms with Gasteiger partial charge >= 0.3 is 31.1 Å². The summed E-state index contributed by atoms with van der Waals surface area (Å²) in [5.74, 6) is 0.755. The van der Waals surface area contributed by atoms with Crippen LogP contribution in [0.25, 0.3) is 0 Å². The molecule has 0 aliphatic heterocycles. The van der Waals surface area contributed by atoms with E-state index in [-0.39, 0.29) is 5.54 Å². The minimum atomic E-state index is -6.60. The summed E-state index contributed by atoms with van der Waals surface area (Å²) in [4.78, 5) is 0. The van der Waals surface area contributed by atoms with Crippen LogP contribution in [0.5, 0.6) is 0 Å². The quantitative estimate of drug-likeness (QED) is 0.232. The zero-order valence-electron chi connectivity index (χ0n) is 20.4. The summed E-state index contributed by atoms with van der Waals surface area (Å²) in [5.41, 5.74) is -5.28. The lowest BCUT2D eigenvalue weighted by molar-refractivity contribution is -0.0476. The maximum Gasteiger partial charge on any atom is 0.512 e. The van der Waals surface area contributed by atoms with E-state index in [4.69, 9.17) is 5.73 Å². The molecule has 0 aromatic heterocycles. The Kier molecular flexibility index (Phi) is 16.2. The molecule has 0 aliphatic carbocycles. The number of sulfonamides is 2. The molecule has 0 heterocycles. The molecule has 0 aromatic carbocycles. The third-order valence-electron chi connectivity index (χ3n) is 5.45. The van der Waals surface area contributed by atoms with Crippen LogP contribution in [0, 0.1) is 5.92 Å². The average Bonchev–Trinajstić information content (AvgIpc) is 2.69. The van der Waals surface area contributed by atoms with Gasteiger partial charge in [-0.3, -0.25) is 0 Å². The maximum absolute atomic E-state index is 11.5. The molecule has 0 radical (unpaired) electrons. The Morgan fingerprint density at radius 3 is 1.18 bits per heavy atom. The zero-order chi connectivity index (χ0) is 27.3. The van der Waals surface area contributed by atoms with Crippen LogP contribution in [0.3, 0.4) is 0 Å². The fourth-order valence-electron chi connectivity index (χ4n) is 3.40. The predicted octanol–water partition coefficient (Wildman–Crippen LogP) is 6.34. The van der Waals surface area contributed by atoms with Crippen molar-refractivity contribution in [2.45, 2.75) is 121 Å². The van der Waals surface area contributed by atoms with Gasteiger partial charge in [0, 0.05) is 5.54 Å². The van der Waals surface area contributed by atoms with Gasteiger partial charge in [-0.25, -0.2) is 16.8 Å². The Morgan fingerprint density at radius 2 is 0.941 bits per heavy atom. The monoisotopic (exact) mass is 550 g/mol. The summed E-state index contributed by atoms with van der Waals surface area (Å²) >= 11 is 0. The second-order valence-corrected chi connectivity index (χ2v) is 12.0. The molecule has 0 unspecified atom stereocenters. The molecular formula is C20H40F6N2O4S2. The van der Waals surface area contributed by atoms with E-state index in [1.165, 1.54) is 77.0 Å². The molecule has 6 nitrogen and oxygen atoms in total. The maximum atomic E-state index is 11.5. The Hall–Kier alpha value is -0.600. The van der Waals surface area contributed by atoms with E-state index in [0.29, 0.717) is 0 Å². The van der Waals surface area contributed by atoms with Crippen LogP contribution in [0.4, 0.5) is 26.3 Å². The van der Waals surface area contributed by atoms with Crippen LogP contribution < -0.4 is 9.86 Å². The molecule has 14 heteroatoms. The molecule has 0 bridgehead atoms. The van der Waals surface area contributed by atoms with Gasteiger partial charge in [0.15, 0.2) is 0 Å². The fourth-order valence-corrected chi connectivity index (χ4v) is 5.32. The van der Waals surface area contributed by atoms with Gasteiger partial charge in [-0.05, 0) is 31.6 Å². The first-order valence-electron chi connectivity index (χ1n) is 11.5. The van der Waals surface area contributed by atoms with E-state index in [9.17, 15) is 43.2 Å². The fraction of sp³-hybridized carbons (Fsp3) is 1.00. The third kappa shape index (κ3) is 12.9. The van der Waals surface area contributed by atoms with Crippen molar-refractivity contribution in [3.63, 3.8) is 0 Å². The molecule has 0 rings (SSSR count). The number of nitrogens with two attached hydrogens (primary N) is 1. The largest absolute Gasteiger partial charge is 0.512 e. The Labute approximate surface area is 200 Å². The highest BCUT2D eigenvalue weighted by Crippen LogP contribution is 2.34. The highest BCUT2D eigenvalue weighted by atomic mass is 32.3. The lowest BCUT2D eigenvalue weighted by Gasteiger charge is -2.38. The van der Waals surface area contributed by atoms with Gasteiger partial charge in [0.25, 0.3) is 0 Å². The van der Waals surface area contributed by atoms with E-state index in [1.807, 2.05) is 0 Å². The lowest BCUT2D eigenvalue weighted by Crippen LogP contribution is -2.47. The smallest absolute Gasteiger partial charge is 0.325 e. The molecule has 208 valence electrons. The first kappa shape index (κ1) is 35.6. The van der Waals surface area contributed by atoms with Crippen LogP contribution in [-0.4, -0.2) is 33.4 Å². The molecule has 3 N–H and O–H groups in total. The molecular weight excluding hydrogens is 510 g/mol. The van der Waals surface area contributed by atoms with Crippen molar-refractivity contribution in [2.24, 2.45) is 11.7 Å². The SMILES string of the molecule is CCCCC(CCCC)C(N)(CCCC)CCCC.O=S(=O)(NS(=O)(=O)C(F)(F)F)C(F)(F)F. The Balaban J connectivity index is 0. The van der Waals surface area contributed by atoms with Crippen LogP contribution in [0.1, 0.15) is 105 Å². The second-order valence-electron chi connectivity index (χ2n) is 8.40. The third-order valence-corrected chi connectivity index (χ3v) is 8.42. The molecule has 0 saturated carbocycles. The standard InChI is InChI=1S/C18H39N.C2HF6NO4S2/c1-5-9-13-17(14-10-6-2)18(19,15-11-7-3)16-12-8-4;3-1(4,5)14(10,11)9-15(12,13)2(6,7)8/h17H,5-16,19H2,1-4H3;9H. The van der Waals surface area contributed by atoms with E-state index < -0.39 is 35.2 Å². The van der Waals surface area contributed by atoms with E-state index in [0.717, 1.165) is 5.92 Å². The number of hydrogen-bond acceptors (Lipinski definition) is 5. The summed E-state index contributed by atoms with van der Waals surface area (Å²) in [6.45, 7) is 9.17. The number of rotatable bonds is 15. The number of halogens is 6. The number of unbranched alkanes of at least 4 members (excludes halogenated alkanes) is 4. The van der Waals surface area contributed by atoms with Gasteiger partial charge in [-0.15, -0.1) is 0 Å². The molecule has 0 fully saturated rings. The highest BCUT2D eigenvalue weighted by Gasteiger charge is 2.55. The summed E-state index contributed by atoms with van der Waals surface area (Å²) in [5, 5.41) is 0. The van der Waals surface area contributed by atoms with Gasteiger partial charge in [0.05, 0.1) is 0 Å². The van der Waals surface area contributed by atoms with Gasteiger partial charge in [0.1, 0.15) is 0 Å². The first-order valence-corrected chi connectivity index (χ1v) is 14.5. The topological polar surface area (TPSA) is 106 Å². The van der Waals surface area contributed by atoms with Gasteiger partial charge in [-0.2, -0.15) is 26.3 Å². The zero-order valence-corrected chi connectivity index (χ0v) is 22.0. The summed E-state index contributed by atoms with van der Waals surface area (Å²) in [7, 11) is -13.2. The van der Waals surface area contributed by atoms with Crippen LogP contribution in [-0.2, 0) is 20.0 Å². The first-order chi connectivity index (χ1) is 15.3. The predicted molar refractivity (Wildman–Crippen MR) is 122 cm³/mol. The van der Waals surface area contributed by atoms with Crippen molar-refractivity contribution in [2.75, 3.05) is 0 Å². The number of nitrogens with one attached hydrogen (secondary N) is 1. The minimum absolute atomic E-state index is 0.121. The minimum Gasteiger partial charge on any atom is -0.325 e. The highest BCUT2D eigenvalue weighted by molar-refractivity contribution is 8.05. The van der Waals surface area contributed by atoms with Crippen molar-refractivity contribution >= 4 is 20.0 Å². The Morgan fingerprint density at radius 1 is 0.647 bits per heavy atom. The van der Waals surface area contributed by atoms with Crippen molar-refractivity contribution < 1.29 is 43.2 Å². The summed E-state index contributed by atoms with van der Waals surface area (Å²) in [6, 6.07) is 0. The molecule has 34 heavy (non-hydrogen) atoms. The number of alkyl halides is 6. The normalized spacial score (nSPS) is 13.6. The molecule has 0 amide bonds. The van der Waals surface area contributed by atoms with Crippen molar-refractivity contribution in [3.8, 4) is 0 Å². The summed E-state index contributed by atoms with van der Waals surface area (Å²) < 4.78 is 108. The summed E-state index contributed by atoms with van der Waals surface area (Å²) in [6.07, 6.45) is 15.6. The Bertz CT molecular complexity index is 696. The van der Waals surface area contributed by atoms with Crippen molar-refractivity contribution in [1.29, 1.82) is 0 Å². The van der Waals surface area contributed by atoms with Gasteiger partial charge < -0.3 is 5.73 Å². The molecule has 0 spiro atoms. The molecule has 0 aliphatic rings. The van der Waals surface area contributed by atoms with Gasteiger partial charge in [-0.1, -0.05) is 83.2 Å². The average molecular weight is 551 g/mol. The van der Waals surface area contributed by atoms with E-state index in [2.05, 4.69) is 27.7 Å². The van der Waals surface area contributed by atoms with E-state index in [1.54, 1.807) is 0 Å². The van der Waals surface area contributed by atoms with Crippen molar-refractivity contribution in [1.82, 2.24) is 4.13 Å². The lowest BCUT2D eigenvalue weighted by atomic mass is 9.72. The second kappa shape index (κ2) is 15.5. The van der Waals surface area contributed by atoms with Crippen molar-refractivity contribution in [3.05, 3.63) is 0 Å². The number of hydrogen-bond donors (Lipinski definition) is 2. The molecule has 0 atom stereocenters. The molecule has 0 saturated heterocycles. The van der Waals surface area contributed by atoms with Crippen LogP contribution in [0.15, 0.2) is 0 Å². The van der Waals surface area contributed by atoms with E-state index >= 15 is 0 Å². The van der Waals surface area contributed by atoms with Crippen LogP contribution in [0.2, 0.25) is 0 Å². The van der Waals surface area contributed by atoms with Gasteiger partial charge in [0.2, 0.25) is 0 Å². The molecule has 0 aromatic rings. The van der Waals surface area contributed by atoms with Crippen LogP contribution >= 0.6 is 0 Å².